The number of nitrogens with zero attached hydrogens (tertiary/aromatic N) is 1. The minimum Gasteiger partial charge on any atom is -0.462 e. The number of rotatable bonds is 5. The lowest BCUT2D eigenvalue weighted by Crippen LogP contribution is -2.17. The lowest BCUT2D eigenvalue weighted by molar-refractivity contribution is -0.112. The lowest BCUT2D eigenvalue weighted by atomic mass is 10.1. The standard InChI is InChI=1S/C19H16N2O3/c1-2-24-19(23)16-10-6-7-11-17(16)21-18(22)15(13-20)12-14-8-4-3-5-9-14/h3-12H,2H2,1H3,(H,21,22). The zero-order valence-electron chi connectivity index (χ0n) is 13.2. The summed E-state index contributed by atoms with van der Waals surface area (Å²) >= 11 is 0. The van der Waals surface area contributed by atoms with Crippen LogP contribution in [0.3, 0.4) is 0 Å². The van der Waals surface area contributed by atoms with Crippen molar-refractivity contribution in [1.82, 2.24) is 0 Å². The summed E-state index contributed by atoms with van der Waals surface area (Å²) in [6.07, 6.45) is 1.49. The molecule has 0 radical (unpaired) electrons. The second-order valence-electron chi connectivity index (χ2n) is 4.80. The quantitative estimate of drug-likeness (QED) is 0.520. The Balaban J connectivity index is 2.25. The summed E-state index contributed by atoms with van der Waals surface area (Å²) in [6.45, 7) is 1.94. The molecule has 2 aromatic rings. The van der Waals surface area contributed by atoms with Gasteiger partial charge >= 0.3 is 5.97 Å². The van der Waals surface area contributed by atoms with Gasteiger partial charge in [0.2, 0.25) is 0 Å². The summed E-state index contributed by atoms with van der Waals surface area (Å²) in [7, 11) is 0. The highest BCUT2D eigenvalue weighted by Crippen LogP contribution is 2.18. The smallest absolute Gasteiger partial charge is 0.340 e. The fourth-order valence-corrected chi connectivity index (χ4v) is 2.03. The van der Waals surface area contributed by atoms with Gasteiger partial charge in [0.15, 0.2) is 0 Å². The third-order valence-corrected chi connectivity index (χ3v) is 3.15. The molecule has 0 aliphatic rings. The van der Waals surface area contributed by atoms with Gasteiger partial charge in [0.25, 0.3) is 5.91 Å². The van der Waals surface area contributed by atoms with Crippen molar-refractivity contribution in [3.63, 3.8) is 0 Å². The van der Waals surface area contributed by atoms with Crippen LogP contribution in [0.2, 0.25) is 0 Å². The van der Waals surface area contributed by atoms with Crippen molar-refractivity contribution in [2.45, 2.75) is 6.92 Å². The Morgan fingerprint density at radius 1 is 1.12 bits per heavy atom. The first kappa shape index (κ1) is 17.0. The van der Waals surface area contributed by atoms with Crippen molar-refractivity contribution in [2.75, 3.05) is 11.9 Å². The monoisotopic (exact) mass is 320 g/mol. The third kappa shape index (κ3) is 4.31. The van der Waals surface area contributed by atoms with Crippen molar-refractivity contribution < 1.29 is 14.3 Å². The van der Waals surface area contributed by atoms with Crippen molar-refractivity contribution in [3.05, 3.63) is 71.3 Å². The first-order valence-electron chi connectivity index (χ1n) is 7.40. The number of amides is 1. The number of nitriles is 1. The van der Waals surface area contributed by atoms with Gasteiger partial charge in [-0.2, -0.15) is 5.26 Å². The number of carbonyl (C=O) groups excluding carboxylic acids is 2. The molecule has 1 N–H and O–H groups in total. The molecule has 0 spiro atoms. The molecule has 0 saturated carbocycles. The molecule has 0 fully saturated rings. The third-order valence-electron chi connectivity index (χ3n) is 3.15. The van der Waals surface area contributed by atoms with E-state index in [1.807, 2.05) is 24.3 Å². The van der Waals surface area contributed by atoms with Gasteiger partial charge in [-0.3, -0.25) is 4.79 Å². The number of hydrogen-bond acceptors (Lipinski definition) is 4. The molecule has 0 atom stereocenters. The molecule has 5 nitrogen and oxygen atoms in total. The molecule has 0 unspecified atom stereocenters. The molecule has 0 aliphatic heterocycles. The SMILES string of the molecule is CCOC(=O)c1ccccc1NC(=O)C(C#N)=Cc1ccccc1. The van der Waals surface area contributed by atoms with Gasteiger partial charge in [-0.05, 0) is 30.7 Å². The lowest BCUT2D eigenvalue weighted by Gasteiger charge is -2.09. The van der Waals surface area contributed by atoms with Crippen molar-refractivity contribution in [1.29, 1.82) is 5.26 Å². The summed E-state index contributed by atoms with van der Waals surface area (Å²) in [5.41, 5.74) is 1.22. The number of esters is 1. The van der Waals surface area contributed by atoms with E-state index >= 15 is 0 Å². The van der Waals surface area contributed by atoms with Crippen LogP contribution in [0.4, 0.5) is 5.69 Å². The van der Waals surface area contributed by atoms with E-state index in [1.54, 1.807) is 43.3 Å². The summed E-state index contributed by atoms with van der Waals surface area (Å²) in [5.74, 6) is -1.11. The van der Waals surface area contributed by atoms with Crippen LogP contribution in [-0.2, 0) is 9.53 Å². The molecule has 2 rings (SSSR count). The molecule has 0 saturated heterocycles. The van der Waals surface area contributed by atoms with Crippen LogP contribution in [0.5, 0.6) is 0 Å². The summed E-state index contributed by atoms with van der Waals surface area (Å²) in [6, 6.07) is 17.4. The van der Waals surface area contributed by atoms with E-state index < -0.39 is 11.9 Å². The number of anilines is 1. The van der Waals surface area contributed by atoms with Gasteiger partial charge in [0.05, 0.1) is 17.9 Å². The highest BCUT2D eigenvalue weighted by atomic mass is 16.5. The highest BCUT2D eigenvalue weighted by Gasteiger charge is 2.16. The summed E-state index contributed by atoms with van der Waals surface area (Å²) in [4.78, 5) is 24.3. The first-order chi connectivity index (χ1) is 11.7. The number of hydrogen-bond donors (Lipinski definition) is 1. The van der Waals surface area contributed by atoms with Crippen LogP contribution >= 0.6 is 0 Å². The minimum absolute atomic E-state index is 0.0557. The van der Waals surface area contributed by atoms with E-state index in [9.17, 15) is 14.9 Å². The van der Waals surface area contributed by atoms with Crippen LogP contribution in [0, 0.1) is 11.3 Å². The second-order valence-corrected chi connectivity index (χ2v) is 4.80. The fraction of sp³-hybridized carbons (Fsp3) is 0.105. The molecule has 24 heavy (non-hydrogen) atoms. The molecule has 0 aliphatic carbocycles. The maximum absolute atomic E-state index is 12.3. The number of nitrogens with one attached hydrogen (secondary N) is 1. The van der Waals surface area contributed by atoms with Gasteiger partial charge in [-0.25, -0.2) is 4.79 Å². The normalized spacial score (nSPS) is 10.6. The minimum atomic E-state index is -0.585. The molecular weight excluding hydrogens is 304 g/mol. The van der Waals surface area contributed by atoms with Crippen molar-refractivity contribution in [2.24, 2.45) is 0 Å². The largest absolute Gasteiger partial charge is 0.462 e. The van der Waals surface area contributed by atoms with Gasteiger partial charge in [0.1, 0.15) is 11.6 Å². The molecule has 0 bridgehead atoms. The second kappa shape index (κ2) is 8.30. The predicted octanol–water partition coefficient (Wildman–Crippen LogP) is 3.41. The Hall–Kier alpha value is -3.39. The predicted molar refractivity (Wildman–Crippen MR) is 91.1 cm³/mol. The van der Waals surface area contributed by atoms with Gasteiger partial charge < -0.3 is 10.1 Å². The Morgan fingerprint density at radius 2 is 1.79 bits per heavy atom. The van der Waals surface area contributed by atoms with Crippen LogP contribution < -0.4 is 5.32 Å². The van der Waals surface area contributed by atoms with Gasteiger partial charge in [0, 0.05) is 0 Å². The Labute approximate surface area is 140 Å². The molecular formula is C19H16N2O3. The number of carbonyl (C=O) groups is 2. The summed E-state index contributed by atoms with van der Waals surface area (Å²) in [5, 5.41) is 11.8. The highest BCUT2D eigenvalue weighted by molar-refractivity contribution is 6.11. The van der Waals surface area contributed by atoms with E-state index in [1.165, 1.54) is 6.08 Å². The molecule has 2 aromatic carbocycles. The average molecular weight is 320 g/mol. The van der Waals surface area contributed by atoms with Crippen molar-refractivity contribution >= 4 is 23.6 Å². The fourth-order valence-electron chi connectivity index (χ4n) is 2.03. The van der Waals surface area contributed by atoms with Crippen LogP contribution in [0.1, 0.15) is 22.8 Å². The number of para-hydroxylation sites is 1. The van der Waals surface area contributed by atoms with Crippen LogP contribution in [0.15, 0.2) is 60.2 Å². The van der Waals surface area contributed by atoms with E-state index in [-0.39, 0.29) is 17.7 Å². The van der Waals surface area contributed by atoms with Gasteiger partial charge in [-0.1, -0.05) is 42.5 Å². The van der Waals surface area contributed by atoms with E-state index in [2.05, 4.69) is 5.32 Å². The van der Waals surface area contributed by atoms with E-state index in [4.69, 9.17) is 4.74 Å². The van der Waals surface area contributed by atoms with E-state index in [0.717, 1.165) is 5.56 Å². The zero-order valence-corrected chi connectivity index (χ0v) is 13.2. The molecule has 0 aromatic heterocycles. The molecule has 0 heterocycles. The Bertz CT molecular complexity index is 805. The Morgan fingerprint density at radius 3 is 2.46 bits per heavy atom. The molecule has 1 amide bonds. The number of benzene rings is 2. The van der Waals surface area contributed by atoms with Crippen LogP contribution in [0.25, 0.3) is 6.08 Å². The maximum atomic E-state index is 12.3. The average Bonchev–Trinajstić information content (AvgIpc) is 2.61. The zero-order chi connectivity index (χ0) is 17.4. The van der Waals surface area contributed by atoms with E-state index in [0.29, 0.717) is 5.69 Å². The molecule has 120 valence electrons. The van der Waals surface area contributed by atoms with Gasteiger partial charge in [-0.15, -0.1) is 0 Å². The maximum Gasteiger partial charge on any atom is 0.340 e. The number of ether oxygens (including phenoxy) is 1. The Kier molecular flexibility index (Phi) is 5.87. The first-order valence-corrected chi connectivity index (χ1v) is 7.40. The summed E-state index contributed by atoms with van der Waals surface area (Å²) < 4.78 is 4.96. The topological polar surface area (TPSA) is 79.2 Å². The van der Waals surface area contributed by atoms with Crippen molar-refractivity contribution in [3.8, 4) is 6.07 Å². The molecule has 5 heteroatoms. The van der Waals surface area contributed by atoms with Crippen LogP contribution in [-0.4, -0.2) is 18.5 Å².